The fraction of sp³-hybridized carbons (Fsp3) is 0.450. The van der Waals surface area contributed by atoms with E-state index in [1.807, 2.05) is 18.2 Å². The molecule has 2 N–H and O–H groups in total. The number of hydrogen-bond acceptors (Lipinski definition) is 6. The topological polar surface area (TPSA) is 72.0 Å². The maximum Gasteiger partial charge on any atom is 0.244 e. The van der Waals surface area contributed by atoms with E-state index in [9.17, 15) is 0 Å². The molecule has 6 nitrogen and oxygen atoms in total. The van der Waals surface area contributed by atoms with Crippen LogP contribution in [-0.2, 0) is 6.42 Å². The van der Waals surface area contributed by atoms with Gasteiger partial charge in [-0.05, 0) is 56.2 Å². The molecule has 0 aliphatic heterocycles. The second-order valence-corrected chi connectivity index (χ2v) is 6.48. The molecule has 0 bridgehead atoms. The third-order valence-corrected chi connectivity index (χ3v) is 4.53. The zero-order valence-electron chi connectivity index (χ0n) is 15.4. The molecule has 1 aromatic carbocycles. The number of nitrogens with zero attached hydrogens (tertiary/aromatic N) is 3. The van der Waals surface area contributed by atoms with Gasteiger partial charge in [-0.3, -0.25) is 0 Å². The van der Waals surface area contributed by atoms with Gasteiger partial charge in [0, 0.05) is 13.1 Å². The average molecular weight is 353 g/mol. The van der Waals surface area contributed by atoms with Crippen LogP contribution in [0.25, 0.3) is 0 Å². The number of methoxy groups -OCH3 is 1. The first-order chi connectivity index (χ1) is 12.8. The highest BCUT2D eigenvalue weighted by molar-refractivity contribution is 5.37. The smallest absolute Gasteiger partial charge is 0.244 e. The van der Waals surface area contributed by atoms with Gasteiger partial charge in [0.25, 0.3) is 0 Å². The number of anilines is 2. The van der Waals surface area contributed by atoms with Gasteiger partial charge in [0.2, 0.25) is 5.95 Å². The van der Waals surface area contributed by atoms with E-state index < -0.39 is 0 Å². The summed E-state index contributed by atoms with van der Waals surface area (Å²) in [6.45, 7) is 1.62. The number of rotatable bonds is 9. The van der Waals surface area contributed by atoms with E-state index in [-0.39, 0.29) is 0 Å². The van der Waals surface area contributed by atoms with E-state index in [1.54, 1.807) is 18.9 Å². The third kappa shape index (κ3) is 5.72. The normalized spacial score (nSPS) is 13.8. The van der Waals surface area contributed by atoms with Gasteiger partial charge >= 0.3 is 0 Å². The molecule has 0 amide bonds. The van der Waals surface area contributed by atoms with Crippen molar-refractivity contribution in [2.45, 2.75) is 38.5 Å². The highest BCUT2D eigenvalue weighted by Crippen LogP contribution is 2.20. The maximum absolute atomic E-state index is 5.25. The van der Waals surface area contributed by atoms with Crippen LogP contribution in [0.5, 0.6) is 5.75 Å². The van der Waals surface area contributed by atoms with Crippen molar-refractivity contribution in [3.8, 4) is 5.75 Å². The number of benzene rings is 1. The van der Waals surface area contributed by atoms with E-state index in [2.05, 4.69) is 38.0 Å². The molecule has 0 unspecified atom stereocenters. The number of nitrogens with one attached hydrogen (secondary N) is 2. The van der Waals surface area contributed by atoms with Crippen LogP contribution in [0.3, 0.4) is 0 Å². The first kappa shape index (κ1) is 18.2. The standard InChI is InChI=1S/C20H27N5O/c1-26-18-9-5-8-17(14-18)11-13-22-20-24-19(15-23-25-20)21-12-10-16-6-3-2-4-7-16/h5-6,8-9,14-15H,2-4,7,10-13H2,1H3,(H2,21,22,24,25). The van der Waals surface area contributed by atoms with Gasteiger partial charge in [0.1, 0.15) is 5.75 Å². The Hall–Kier alpha value is -2.63. The van der Waals surface area contributed by atoms with Crippen molar-refractivity contribution in [1.82, 2.24) is 15.2 Å². The zero-order valence-corrected chi connectivity index (χ0v) is 15.4. The van der Waals surface area contributed by atoms with Crippen LogP contribution in [0, 0.1) is 0 Å². The van der Waals surface area contributed by atoms with E-state index in [0.29, 0.717) is 5.95 Å². The first-order valence-corrected chi connectivity index (χ1v) is 9.32. The molecule has 1 aliphatic carbocycles. The Bertz CT molecular complexity index is 732. The van der Waals surface area contributed by atoms with E-state index in [1.165, 1.54) is 31.2 Å². The number of ether oxygens (including phenoxy) is 1. The van der Waals surface area contributed by atoms with Gasteiger partial charge < -0.3 is 15.4 Å². The Morgan fingerprint density at radius 3 is 2.88 bits per heavy atom. The molecule has 0 atom stereocenters. The van der Waals surface area contributed by atoms with Crippen molar-refractivity contribution < 1.29 is 4.74 Å². The number of aromatic nitrogens is 3. The molecule has 0 fully saturated rings. The third-order valence-electron chi connectivity index (χ3n) is 4.53. The lowest BCUT2D eigenvalue weighted by Crippen LogP contribution is -2.11. The summed E-state index contributed by atoms with van der Waals surface area (Å²) in [4.78, 5) is 4.48. The van der Waals surface area contributed by atoms with Gasteiger partial charge in [-0.1, -0.05) is 23.8 Å². The van der Waals surface area contributed by atoms with Crippen molar-refractivity contribution in [2.75, 3.05) is 30.8 Å². The molecule has 1 aromatic heterocycles. The van der Waals surface area contributed by atoms with Crippen LogP contribution in [-0.4, -0.2) is 35.4 Å². The summed E-state index contributed by atoms with van der Waals surface area (Å²) in [6, 6.07) is 8.07. The Morgan fingerprint density at radius 1 is 1.12 bits per heavy atom. The summed E-state index contributed by atoms with van der Waals surface area (Å²) < 4.78 is 5.25. The minimum Gasteiger partial charge on any atom is -0.497 e. The van der Waals surface area contributed by atoms with Crippen LogP contribution in [0.15, 0.2) is 42.1 Å². The number of allylic oxidation sites excluding steroid dienone is 1. The van der Waals surface area contributed by atoms with Gasteiger partial charge in [0.05, 0.1) is 13.3 Å². The molecule has 1 heterocycles. The summed E-state index contributed by atoms with van der Waals surface area (Å²) in [5.74, 6) is 2.19. The van der Waals surface area contributed by atoms with Gasteiger partial charge in [-0.2, -0.15) is 10.1 Å². The van der Waals surface area contributed by atoms with Crippen LogP contribution in [0.2, 0.25) is 0 Å². The second kappa shape index (κ2) is 9.75. The largest absolute Gasteiger partial charge is 0.497 e. The first-order valence-electron chi connectivity index (χ1n) is 9.32. The lowest BCUT2D eigenvalue weighted by Gasteiger charge is -2.13. The molecule has 26 heavy (non-hydrogen) atoms. The molecule has 1 aliphatic rings. The van der Waals surface area contributed by atoms with Gasteiger partial charge in [0.15, 0.2) is 5.82 Å². The Morgan fingerprint density at radius 2 is 2.04 bits per heavy atom. The zero-order chi connectivity index (χ0) is 18.0. The van der Waals surface area contributed by atoms with Crippen molar-refractivity contribution >= 4 is 11.8 Å². The van der Waals surface area contributed by atoms with Crippen molar-refractivity contribution in [3.05, 3.63) is 47.7 Å². The second-order valence-electron chi connectivity index (χ2n) is 6.48. The van der Waals surface area contributed by atoms with Crippen molar-refractivity contribution in [3.63, 3.8) is 0 Å². The maximum atomic E-state index is 5.25. The molecular weight excluding hydrogens is 326 g/mol. The van der Waals surface area contributed by atoms with Crippen LogP contribution >= 0.6 is 0 Å². The lowest BCUT2D eigenvalue weighted by atomic mass is 9.97. The molecule has 138 valence electrons. The monoisotopic (exact) mass is 353 g/mol. The van der Waals surface area contributed by atoms with E-state index >= 15 is 0 Å². The fourth-order valence-electron chi connectivity index (χ4n) is 3.09. The summed E-state index contributed by atoms with van der Waals surface area (Å²) in [7, 11) is 1.68. The average Bonchev–Trinajstić information content (AvgIpc) is 2.69. The Kier molecular flexibility index (Phi) is 6.81. The molecule has 3 rings (SSSR count). The molecular formula is C20H27N5O. The van der Waals surface area contributed by atoms with Crippen LogP contribution < -0.4 is 15.4 Å². The van der Waals surface area contributed by atoms with Crippen LogP contribution in [0.4, 0.5) is 11.8 Å². The minimum atomic E-state index is 0.551. The van der Waals surface area contributed by atoms with Gasteiger partial charge in [-0.15, -0.1) is 5.10 Å². The molecule has 0 saturated heterocycles. The highest BCUT2D eigenvalue weighted by atomic mass is 16.5. The highest BCUT2D eigenvalue weighted by Gasteiger charge is 2.04. The summed E-state index contributed by atoms with van der Waals surface area (Å²) in [5.41, 5.74) is 2.77. The summed E-state index contributed by atoms with van der Waals surface area (Å²) in [6.07, 6.45) is 11.1. The van der Waals surface area contributed by atoms with E-state index in [0.717, 1.165) is 37.5 Å². The minimum absolute atomic E-state index is 0.551. The molecule has 0 radical (unpaired) electrons. The molecule has 0 saturated carbocycles. The molecule has 0 spiro atoms. The van der Waals surface area contributed by atoms with Crippen molar-refractivity contribution in [1.29, 1.82) is 0 Å². The Balaban J connectivity index is 1.43. The van der Waals surface area contributed by atoms with Gasteiger partial charge in [-0.25, -0.2) is 0 Å². The quantitative estimate of drug-likeness (QED) is 0.668. The summed E-state index contributed by atoms with van der Waals surface area (Å²) >= 11 is 0. The fourth-order valence-corrected chi connectivity index (χ4v) is 3.09. The lowest BCUT2D eigenvalue weighted by molar-refractivity contribution is 0.414. The van der Waals surface area contributed by atoms with Crippen molar-refractivity contribution in [2.24, 2.45) is 0 Å². The van der Waals surface area contributed by atoms with E-state index in [4.69, 9.17) is 4.74 Å². The Labute approximate surface area is 155 Å². The number of hydrogen-bond donors (Lipinski definition) is 2. The molecule has 2 aromatic rings. The summed E-state index contributed by atoms with van der Waals surface area (Å²) in [5, 5.41) is 14.7. The SMILES string of the molecule is COc1cccc(CCNc2nncc(NCCC3=CCCCC3)n2)c1. The van der Waals surface area contributed by atoms with Crippen LogP contribution in [0.1, 0.15) is 37.7 Å². The predicted molar refractivity (Wildman–Crippen MR) is 105 cm³/mol. The molecule has 6 heteroatoms. The predicted octanol–water partition coefficient (Wildman–Crippen LogP) is 3.84.